The van der Waals surface area contributed by atoms with Crippen LogP contribution in [0.15, 0.2) is 29.2 Å². The van der Waals surface area contributed by atoms with Gasteiger partial charge in [0.05, 0.1) is 17.2 Å². The van der Waals surface area contributed by atoms with Gasteiger partial charge in [-0.05, 0) is 24.3 Å². The second-order valence-electron chi connectivity index (χ2n) is 4.93. The van der Waals surface area contributed by atoms with Crippen LogP contribution in [0.3, 0.4) is 0 Å². The molecular weight excluding hydrogens is 349 g/mol. The predicted octanol–water partition coefficient (Wildman–Crippen LogP) is 1.21. The third-order valence-electron chi connectivity index (χ3n) is 3.02. The first-order chi connectivity index (χ1) is 11.1. The number of rotatable bonds is 6. The summed E-state index contributed by atoms with van der Waals surface area (Å²) in [5, 5.41) is 9.03. The molecule has 0 aliphatic rings. The maximum Gasteiger partial charge on any atom is 0.396 e. The molecule has 132 valence electrons. The zero-order chi connectivity index (χ0) is 18.0. The summed E-state index contributed by atoms with van der Waals surface area (Å²) in [6.07, 6.45) is -5.46. The average Bonchev–Trinajstić information content (AvgIpc) is 2.85. The molecular formula is C13H15F3N4O3S. The molecule has 0 atom stereocenters. The van der Waals surface area contributed by atoms with Crippen molar-refractivity contribution in [2.24, 2.45) is 5.14 Å². The Morgan fingerprint density at radius 3 is 2.38 bits per heavy atom. The molecule has 0 fully saturated rings. The number of primary sulfonamides is 1. The Morgan fingerprint density at radius 2 is 1.88 bits per heavy atom. The normalized spacial score (nSPS) is 12.5. The van der Waals surface area contributed by atoms with Gasteiger partial charge in [0, 0.05) is 13.5 Å². The highest BCUT2D eigenvalue weighted by atomic mass is 32.2. The number of halogens is 3. The minimum Gasteiger partial charge on any atom is -0.384 e. The van der Waals surface area contributed by atoms with Crippen molar-refractivity contribution in [1.82, 2.24) is 14.8 Å². The molecule has 7 nitrogen and oxygen atoms in total. The molecule has 0 aliphatic heterocycles. The summed E-state index contributed by atoms with van der Waals surface area (Å²) in [5.74, 6) is -0.0939. The van der Waals surface area contributed by atoms with Crippen molar-refractivity contribution in [3.8, 4) is 5.69 Å². The number of methoxy groups -OCH3 is 1. The first-order valence-corrected chi connectivity index (χ1v) is 8.28. The van der Waals surface area contributed by atoms with Gasteiger partial charge in [0.2, 0.25) is 10.0 Å². The van der Waals surface area contributed by atoms with Crippen LogP contribution in [-0.2, 0) is 27.6 Å². The third kappa shape index (κ3) is 4.76. The van der Waals surface area contributed by atoms with Gasteiger partial charge in [0.1, 0.15) is 12.2 Å². The van der Waals surface area contributed by atoms with Gasteiger partial charge in [-0.15, -0.1) is 0 Å². The van der Waals surface area contributed by atoms with E-state index >= 15 is 0 Å². The van der Waals surface area contributed by atoms with Gasteiger partial charge >= 0.3 is 6.18 Å². The first-order valence-electron chi connectivity index (χ1n) is 6.74. The Balaban J connectivity index is 2.41. The number of alkyl halides is 3. The van der Waals surface area contributed by atoms with Crippen molar-refractivity contribution < 1.29 is 26.3 Å². The van der Waals surface area contributed by atoms with Crippen LogP contribution in [0.1, 0.15) is 11.6 Å². The fourth-order valence-corrected chi connectivity index (χ4v) is 2.48. The maximum atomic E-state index is 12.7. The van der Waals surface area contributed by atoms with Crippen molar-refractivity contribution in [2.45, 2.75) is 23.9 Å². The summed E-state index contributed by atoms with van der Waals surface area (Å²) in [4.78, 5) is 3.74. The van der Waals surface area contributed by atoms with E-state index in [2.05, 4.69) is 10.1 Å². The lowest BCUT2D eigenvalue weighted by Crippen LogP contribution is -2.16. The minimum atomic E-state index is -4.45. The maximum absolute atomic E-state index is 12.7. The fraction of sp³-hybridized carbons (Fsp3) is 0.385. The van der Waals surface area contributed by atoms with Crippen molar-refractivity contribution in [1.29, 1.82) is 0 Å². The third-order valence-corrected chi connectivity index (χ3v) is 3.95. The lowest BCUT2D eigenvalue weighted by molar-refractivity contribution is -0.128. The lowest BCUT2D eigenvalue weighted by Gasteiger charge is -2.08. The summed E-state index contributed by atoms with van der Waals surface area (Å²) < 4.78 is 66.5. The number of nitrogens with two attached hydrogens (primary N) is 1. The van der Waals surface area contributed by atoms with Gasteiger partial charge in [0.15, 0.2) is 5.82 Å². The number of aromatic nitrogens is 3. The Kier molecular flexibility index (Phi) is 5.26. The van der Waals surface area contributed by atoms with Crippen molar-refractivity contribution in [3.63, 3.8) is 0 Å². The van der Waals surface area contributed by atoms with Crippen LogP contribution in [0.2, 0.25) is 0 Å². The minimum absolute atomic E-state index is 0.150. The molecule has 0 radical (unpaired) electrons. The lowest BCUT2D eigenvalue weighted by atomic mass is 10.3. The number of nitrogens with zero attached hydrogens (tertiary/aromatic N) is 3. The van der Waals surface area contributed by atoms with Gasteiger partial charge in [-0.25, -0.2) is 23.2 Å². The molecule has 0 spiro atoms. The number of hydrogen-bond acceptors (Lipinski definition) is 5. The molecule has 2 aromatic rings. The van der Waals surface area contributed by atoms with E-state index in [1.165, 1.54) is 31.4 Å². The second kappa shape index (κ2) is 6.87. The SMILES string of the molecule is COCCc1nc(CC(F)(F)F)n(-c2ccc(S(N)(=O)=O)cc2)n1. The van der Waals surface area contributed by atoms with Crippen molar-refractivity contribution in [3.05, 3.63) is 35.9 Å². The first kappa shape index (κ1) is 18.4. The van der Waals surface area contributed by atoms with E-state index < -0.39 is 22.6 Å². The predicted molar refractivity (Wildman–Crippen MR) is 78.1 cm³/mol. The van der Waals surface area contributed by atoms with Crippen molar-refractivity contribution in [2.75, 3.05) is 13.7 Å². The molecule has 24 heavy (non-hydrogen) atoms. The van der Waals surface area contributed by atoms with E-state index in [4.69, 9.17) is 9.88 Å². The topological polar surface area (TPSA) is 100 Å². The van der Waals surface area contributed by atoms with Crippen LogP contribution < -0.4 is 5.14 Å². The molecule has 1 heterocycles. The van der Waals surface area contributed by atoms with Crippen LogP contribution in [0, 0.1) is 0 Å². The molecule has 0 aliphatic carbocycles. The summed E-state index contributed by atoms with van der Waals surface area (Å²) in [6, 6.07) is 5.01. The number of benzene rings is 1. The monoisotopic (exact) mass is 364 g/mol. The second-order valence-corrected chi connectivity index (χ2v) is 6.49. The van der Waals surface area contributed by atoms with Crippen LogP contribution in [0.4, 0.5) is 13.2 Å². The molecule has 11 heteroatoms. The fourth-order valence-electron chi connectivity index (χ4n) is 1.97. The highest BCUT2D eigenvalue weighted by molar-refractivity contribution is 7.89. The zero-order valence-electron chi connectivity index (χ0n) is 12.6. The molecule has 0 amide bonds. The molecule has 2 rings (SSSR count). The van der Waals surface area contributed by atoms with E-state index in [1.54, 1.807) is 0 Å². The van der Waals surface area contributed by atoms with Crippen LogP contribution in [0.5, 0.6) is 0 Å². The largest absolute Gasteiger partial charge is 0.396 e. The standard InChI is InChI=1S/C13H15F3N4O3S/c1-23-7-6-11-18-12(8-13(14,15)16)20(19-11)9-2-4-10(5-3-9)24(17,21)22/h2-5H,6-8H2,1H3,(H2,17,21,22). The number of hydrogen-bond donors (Lipinski definition) is 1. The van der Waals surface area contributed by atoms with E-state index in [0.29, 0.717) is 0 Å². The van der Waals surface area contributed by atoms with Crippen LogP contribution in [0.25, 0.3) is 5.69 Å². The number of ether oxygens (including phenoxy) is 1. The summed E-state index contributed by atoms with van der Waals surface area (Å²) in [6.45, 7) is 0.264. The Morgan fingerprint density at radius 1 is 1.25 bits per heavy atom. The molecule has 2 N–H and O–H groups in total. The molecule has 0 saturated carbocycles. The molecule has 1 aromatic carbocycles. The van der Waals surface area contributed by atoms with Crippen molar-refractivity contribution >= 4 is 10.0 Å². The van der Waals surface area contributed by atoms with Crippen LogP contribution in [-0.4, -0.2) is 43.1 Å². The van der Waals surface area contributed by atoms with Gasteiger partial charge in [0.25, 0.3) is 0 Å². The van der Waals surface area contributed by atoms with Gasteiger partial charge in [-0.1, -0.05) is 0 Å². The van der Waals surface area contributed by atoms with Gasteiger partial charge in [-0.2, -0.15) is 18.3 Å². The summed E-state index contributed by atoms with van der Waals surface area (Å²) >= 11 is 0. The zero-order valence-corrected chi connectivity index (χ0v) is 13.4. The average molecular weight is 364 g/mol. The van der Waals surface area contributed by atoms with E-state index in [1.807, 2.05) is 0 Å². The number of sulfonamides is 1. The molecule has 0 unspecified atom stereocenters. The Hall–Kier alpha value is -1.98. The van der Waals surface area contributed by atoms with Crippen LogP contribution >= 0.6 is 0 Å². The smallest absolute Gasteiger partial charge is 0.384 e. The van der Waals surface area contributed by atoms with Gasteiger partial charge in [-0.3, -0.25) is 0 Å². The van der Waals surface area contributed by atoms with E-state index in [0.717, 1.165) is 4.68 Å². The Labute approximate surface area is 136 Å². The molecule has 0 saturated heterocycles. The molecule has 1 aromatic heterocycles. The highest BCUT2D eigenvalue weighted by Gasteiger charge is 2.31. The quantitative estimate of drug-likeness (QED) is 0.830. The summed E-state index contributed by atoms with van der Waals surface area (Å²) in [7, 11) is -2.43. The van der Waals surface area contributed by atoms with Gasteiger partial charge < -0.3 is 4.74 Å². The highest BCUT2D eigenvalue weighted by Crippen LogP contribution is 2.22. The van der Waals surface area contributed by atoms with E-state index in [9.17, 15) is 21.6 Å². The van der Waals surface area contributed by atoms with E-state index in [-0.39, 0.29) is 35.3 Å². The molecule has 0 bridgehead atoms. The Bertz CT molecular complexity index is 801. The summed E-state index contributed by atoms with van der Waals surface area (Å²) in [5.41, 5.74) is 0.248.